The summed E-state index contributed by atoms with van der Waals surface area (Å²) in [5.74, 6) is 0.183. The summed E-state index contributed by atoms with van der Waals surface area (Å²) in [5.41, 5.74) is 1.95. The molecule has 1 aromatic carbocycles. The molecule has 2 amide bonds. The molecule has 6 heteroatoms. The first kappa shape index (κ1) is 20.1. The van der Waals surface area contributed by atoms with Gasteiger partial charge in [0.2, 0.25) is 5.91 Å². The van der Waals surface area contributed by atoms with Crippen LogP contribution in [-0.4, -0.2) is 48.1 Å². The number of rotatable bonds is 5. The highest BCUT2D eigenvalue weighted by Crippen LogP contribution is 2.38. The number of thiophene rings is 1. The number of amides is 2. The van der Waals surface area contributed by atoms with Gasteiger partial charge >= 0.3 is 0 Å². The molecular weight excluding hydrogens is 384 g/mol. The van der Waals surface area contributed by atoms with E-state index in [1.165, 1.54) is 11.3 Å². The lowest BCUT2D eigenvalue weighted by atomic mass is 9.88. The minimum atomic E-state index is -0.127. The minimum Gasteiger partial charge on any atom is -0.370 e. The van der Waals surface area contributed by atoms with E-state index < -0.39 is 0 Å². The van der Waals surface area contributed by atoms with Gasteiger partial charge in [0.1, 0.15) is 0 Å². The zero-order valence-corrected chi connectivity index (χ0v) is 17.7. The van der Waals surface area contributed by atoms with Crippen molar-refractivity contribution < 1.29 is 14.3 Å². The van der Waals surface area contributed by atoms with Crippen LogP contribution in [-0.2, 0) is 16.0 Å². The van der Waals surface area contributed by atoms with Crippen LogP contribution >= 0.6 is 11.3 Å². The maximum atomic E-state index is 12.6. The number of carbonyl (C=O) groups is 2. The molecule has 1 aromatic heterocycles. The second-order valence-electron chi connectivity index (χ2n) is 8.15. The molecule has 3 heterocycles. The van der Waals surface area contributed by atoms with Crippen LogP contribution in [0.4, 0.5) is 0 Å². The van der Waals surface area contributed by atoms with Crippen molar-refractivity contribution in [1.29, 1.82) is 0 Å². The predicted octanol–water partition coefficient (Wildman–Crippen LogP) is 3.57. The van der Waals surface area contributed by atoms with E-state index in [0.29, 0.717) is 13.0 Å². The van der Waals surface area contributed by atoms with Crippen molar-refractivity contribution in [2.75, 3.05) is 19.6 Å². The molecular formula is C23H28N2O3S. The second kappa shape index (κ2) is 8.67. The number of benzene rings is 1. The first-order chi connectivity index (χ1) is 14.0. The van der Waals surface area contributed by atoms with E-state index in [9.17, 15) is 9.59 Å². The summed E-state index contributed by atoms with van der Waals surface area (Å²) in [5, 5.41) is 4.97. The molecule has 2 aliphatic rings. The zero-order valence-electron chi connectivity index (χ0n) is 16.9. The number of nitrogens with one attached hydrogen (secondary N) is 1. The maximum Gasteiger partial charge on any atom is 0.261 e. The number of hydrogen-bond acceptors (Lipinski definition) is 4. The molecule has 1 N–H and O–H groups in total. The SMILES string of the molecule is Cc1ccsc1C(=O)NCC1CCC2(CCN(C(=O)Cc3ccccc3)CC2)O1. The Hall–Kier alpha value is -2.18. The van der Waals surface area contributed by atoms with Crippen molar-refractivity contribution in [3.8, 4) is 0 Å². The molecule has 5 nitrogen and oxygen atoms in total. The Labute approximate surface area is 176 Å². The standard InChI is InChI=1S/C23H28N2O3S/c1-17-8-14-29-21(17)22(27)24-16-19-7-9-23(28-19)10-12-25(13-11-23)20(26)15-18-5-3-2-4-6-18/h2-6,8,14,19H,7,9-13,15-16H2,1H3,(H,24,27). The molecule has 1 atom stereocenters. The lowest BCUT2D eigenvalue weighted by Gasteiger charge is -2.39. The monoisotopic (exact) mass is 412 g/mol. The maximum absolute atomic E-state index is 12.6. The molecule has 29 heavy (non-hydrogen) atoms. The summed E-state index contributed by atoms with van der Waals surface area (Å²) in [6, 6.07) is 11.9. The van der Waals surface area contributed by atoms with Gasteiger partial charge < -0.3 is 15.0 Å². The van der Waals surface area contributed by atoms with Crippen LogP contribution in [0.1, 0.15) is 46.5 Å². The molecule has 2 aliphatic heterocycles. The van der Waals surface area contributed by atoms with Crippen molar-refractivity contribution in [1.82, 2.24) is 10.2 Å². The van der Waals surface area contributed by atoms with Crippen molar-refractivity contribution in [2.45, 2.75) is 50.7 Å². The lowest BCUT2D eigenvalue weighted by molar-refractivity contribution is -0.136. The smallest absolute Gasteiger partial charge is 0.261 e. The van der Waals surface area contributed by atoms with Crippen molar-refractivity contribution in [3.05, 3.63) is 57.8 Å². The number of likely N-dealkylation sites (tertiary alicyclic amines) is 1. The van der Waals surface area contributed by atoms with Gasteiger partial charge in [0.25, 0.3) is 5.91 Å². The van der Waals surface area contributed by atoms with Crippen molar-refractivity contribution in [2.24, 2.45) is 0 Å². The van der Waals surface area contributed by atoms with E-state index >= 15 is 0 Å². The molecule has 1 unspecified atom stereocenters. The lowest BCUT2D eigenvalue weighted by Crippen LogP contribution is -2.47. The number of piperidine rings is 1. The number of aryl methyl sites for hydroxylation is 1. The van der Waals surface area contributed by atoms with Gasteiger partial charge in [-0.1, -0.05) is 30.3 Å². The Morgan fingerprint density at radius 1 is 1.17 bits per heavy atom. The van der Waals surface area contributed by atoms with E-state index in [4.69, 9.17) is 4.74 Å². The Kier molecular flexibility index (Phi) is 6.01. The van der Waals surface area contributed by atoms with Crippen LogP contribution < -0.4 is 5.32 Å². The zero-order chi connectivity index (χ0) is 20.3. The largest absolute Gasteiger partial charge is 0.370 e. The fraction of sp³-hybridized carbons (Fsp3) is 0.478. The van der Waals surface area contributed by atoms with Crippen LogP contribution in [0.25, 0.3) is 0 Å². The number of ether oxygens (including phenoxy) is 1. The van der Waals surface area contributed by atoms with Gasteiger partial charge in [-0.2, -0.15) is 0 Å². The molecule has 154 valence electrons. The molecule has 4 rings (SSSR count). The third-order valence-electron chi connectivity index (χ3n) is 6.12. The Bertz CT molecular complexity index is 856. The summed E-state index contributed by atoms with van der Waals surface area (Å²) < 4.78 is 6.38. The molecule has 2 aromatic rings. The molecule has 0 aliphatic carbocycles. The van der Waals surface area contributed by atoms with Crippen molar-refractivity contribution >= 4 is 23.2 Å². The summed E-state index contributed by atoms with van der Waals surface area (Å²) in [4.78, 5) is 27.7. The van der Waals surface area contributed by atoms with Crippen LogP contribution in [0.3, 0.4) is 0 Å². The van der Waals surface area contributed by atoms with Gasteiger partial charge in [-0.05, 0) is 55.2 Å². The average molecular weight is 413 g/mol. The van der Waals surface area contributed by atoms with Gasteiger partial charge in [-0.3, -0.25) is 9.59 Å². The predicted molar refractivity (Wildman–Crippen MR) is 114 cm³/mol. The Morgan fingerprint density at radius 3 is 2.62 bits per heavy atom. The normalized spacial score (nSPS) is 20.7. The fourth-order valence-corrected chi connectivity index (χ4v) is 5.19. The first-order valence-corrected chi connectivity index (χ1v) is 11.2. The van der Waals surface area contributed by atoms with Crippen molar-refractivity contribution in [3.63, 3.8) is 0 Å². The number of hydrogen-bond donors (Lipinski definition) is 1. The highest BCUT2D eigenvalue weighted by Gasteiger charge is 2.43. The number of nitrogens with zero attached hydrogens (tertiary/aromatic N) is 1. The summed E-state index contributed by atoms with van der Waals surface area (Å²) in [6.07, 6.45) is 4.24. The summed E-state index contributed by atoms with van der Waals surface area (Å²) >= 11 is 1.47. The summed E-state index contributed by atoms with van der Waals surface area (Å²) in [7, 11) is 0. The van der Waals surface area contributed by atoms with E-state index in [-0.39, 0.29) is 23.5 Å². The van der Waals surface area contributed by atoms with Gasteiger partial charge in [0.15, 0.2) is 0 Å². The van der Waals surface area contributed by atoms with Crippen LogP contribution in [0.15, 0.2) is 41.8 Å². The molecule has 2 fully saturated rings. The summed E-state index contributed by atoms with van der Waals surface area (Å²) in [6.45, 7) is 4.01. The highest BCUT2D eigenvalue weighted by molar-refractivity contribution is 7.12. The van der Waals surface area contributed by atoms with Crippen LogP contribution in [0.2, 0.25) is 0 Å². The third kappa shape index (κ3) is 4.70. The molecule has 0 saturated carbocycles. The van der Waals surface area contributed by atoms with Gasteiger partial charge in [-0.25, -0.2) is 0 Å². The first-order valence-electron chi connectivity index (χ1n) is 10.4. The minimum absolute atomic E-state index is 0.0108. The van der Waals surface area contributed by atoms with E-state index in [1.807, 2.05) is 53.6 Å². The van der Waals surface area contributed by atoms with Gasteiger partial charge in [0.05, 0.1) is 23.0 Å². The molecule has 0 bridgehead atoms. The third-order valence-corrected chi connectivity index (χ3v) is 7.14. The average Bonchev–Trinajstić information content (AvgIpc) is 3.34. The fourth-order valence-electron chi connectivity index (χ4n) is 4.35. The molecule has 0 radical (unpaired) electrons. The molecule has 1 spiro atoms. The molecule has 2 saturated heterocycles. The topological polar surface area (TPSA) is 58.6 Å². The Balaban J connectivity index is 1.24. The quantitative estimate of drug-likeness (QED) is 0.817. The van der Waals surface area contributed by atoms with Crippen LogP contribution in [0.5, 0.6) is 0 Å². The van der Waals surface area contributed by atoms with Crippen LogP contribution in [0, 0.1) is 6.92 Å². The van der Waals surface area contributed by atoms with E-state index in [1.54, 1.807) is 0 Å². The number of carbonyl (C=O) groups excluding carboxylic acids is 2. The van der Waals surface area contributed by atoms with Gasteiger partial charge in [0, 0.05) is 19.6 Å². The highest BCUT2D eigenvalue weighted by atomic mass is 32.1. The van der Waals surface area contributed by atoms with E-state index in [2.05, 4.69) is 5.32 Å². The Morgan fingerprint density at radius 2 is 1.93 bits per heavy atom. The second-order valence-corrected chi connectivity index (χ2v) is 9.06. The van der Waals surface area contributed by atoms with E-state index in [0.717, 1.165) is 54.8 Å². The van der Waals surface area contributed by atoms with Gasteiger partial charge in [-0.15, -0.1) is 11.3 Å².